The van der Waals surface area contributed by atoms with Crippen molar-refractivity contribution in [1.29, 1.82) is 0 Å². The van der Waals surface area contributed by atoms with Crippen molar-refractivity contribution in [3.63, 3.8) is 0 Å². The Bertz CT molecular complexity index is 1020. The third-order valence-electron chi connectivity index (χ3n) is 5.83. The van der Waals surface area contributed by atoms with Gasteiger partial charge in [-0.3, -0.25) is 0 Å². The average Bonchev–Trinajstić information content (AvgIpc) is 2.82. The molecule has 0 heterocycles. The van der Waals surface area contributed by atoms with E-state index in [1.165, 1.54) is 0 Å². The van der Waals surface area contributed by atoms with Crippen LogP contribution in [0.4, 0.5) is 0 Å². The van der Waals surface area contributed by atoms with Crippen LogP contribution in [0.15, 0.2) is 66.7 Å². The van der Waals surface area contributed by atoms with E-state index in [-0.39, 0.29) is 5.16 Å². The summed E-state index contributed by atoms with van der Waals surface area (Å²) in [4.78, 5) is 0. The van der Waals surface area contributed by atoms with E-state index >= 15 is 0 Å². The van der Waals surface area contributed by atoms with Gasteiger partial charge in [-0.2, -0.15) is 0 Å². The van der Waals surface area contributed by atoms with E-state index in [2.05, 4.69) is 38.1 Å². The smallest absolute Gasteiger partial charge is 0.166 e. The van der Waals surface area contributed by atoms with Crippen molar-refractivity contribution >= 4 is 13.9 Å². The molecule has 0 radical (unpaired) electrons. The fourth-order valence-corrected chi connectivity index (χ4v) is 5.46. The minimum Gasteiger partial charge on any atom is -0.497 e. The van der Waals surface area contributed by atoms with E-state index in [0.29, 0.717) is 20.9 Å². The van der Waals surface area contributed by atoms with E-state index < -0.39 is 6.10 Å². The molecule has 0 spiro atoms. The van der Waals surface area contributed by atoms with Gasteiger partial charge in [0, 0.05) is 16.8 Å². The zero-order chi connectivity index (χ0) is 23.1. The van der Waals surface area contributed by atoms with Crippen LogP contribution in [0.1, 0.15) is 50.0 Å². The van der Waals surface area contributed by atoms with Crippen LogP contribution in [0.2, 0.25) is 0 Å². The molecule has 3 aromatic carbocycles. The summed E-state index contributed by atoms with van der Waals surface area (Å²) in [6.45, 7) is 6.69. The number of aliphatic hydroxyl groups is 1. The normalized spacial score (nSPS) is 14.2. The lowest BCUT2D eigenvalue weighted by molar-refractivity contribution is 0.200. The van der Waals surface area contributed by atoms with Crippen molar-refractivity contribution in [2.45, 2.75) is 45.1 Å². The summed E-state index contributed by atoms with van der Waals surface area (Å²) in [6.07, 6.45) is 0.367. The van der Waals surface area contributed by atoms with Gasteiger partial charge in [-0.1, -0.05) is 77.0 Å². The zero-order valence-corrected chi connectivity index (χ0v) is 20.5. The van der Waals surface area contributed by atoms with Crippen molar-refractivity contribution in [2.24, 2.45) is 0 Å². The highest BCUT2D eigenvalue weighted by Crippen LogP contribution is 2.51. The van der Waals surface area contributed by atoms with Gasteiger partial charge < -0.3 is 19.3 Å². The molecule has 0 fully saturated rings. The van der Waals surface area contributed by atoms with E-state index in [9.17, 15) is 5.11 Å². The molecule has 3 atom stereocenters. The predicted octanol–water partition coefficient (Wildman–Crippen LogP) is 5.97. The third kappa shape index (κ3) is 5.43. The molecule has 0 aromatic heterocycles. The summed E-state index contributed by atoms with van der Waals surface area (Å²) in [5.74, 6) is 2.13. The lowest BCUT2D eigenvalue weighted by Crippen LogP contribution is -2.22. The molecular weight excluding hydrogens is 419 g/mol. The molecule has 0 amide bonds. The minimum absolute atomic E-state index is 0.237. The summed E-state index contributed by atoms with van der Waals surface area (Å²) in [5.41, 5.74) is 3.11. The Labute approximate surface area is 193 Å². The van der Waals surface area contributed by atoms with Crippen LogP contribution in [-0.2, 0) is 11.8 Å². The number of ether oxygens (including phenoxy) is 3. The monoisotopic (exact) mass is 452 g/mol. The van der Waals surface area contributed by atoms with Crippen molar-refractivity contribution in [3.05, 3.63) is 83.4 Å². The number of hydrogen-bond acceptors (Lipinski definition) is 4. The highest BCUT2D eigenvalue weighted by molar-refractivity contribution is 7.48. The second kappa shape index (κ2) is 10.8. The van der Waals surface area contributed by atoms with Crippen molar-refractivity contribution < 1.29 is 19.3 Å². The lowest BCUT2D eigenvalue weighted by atomic mass is 9.95. The number of aliphatic hydroxyl groups excluding tert-OH is 1. The maximum atomic E-state index is 10.3. The van der Waals surface area contributed by atoms with Crippen molar-refractivity contribution in [1.82, 2.24) is 0 Å². The minimum atomic E-state index is -0.520. The molecule has 0 saturated carbocycles. The second-order valence-corrected chi connectivity index (χ2v) is 9.95. The van der Waals surface area contributed by atoms with E-state index in [1.54, 1.807) is 14.2 Å². The maximum Gasteiger partial charge on any atom is 0.166 e. The third-order valence-corrected chi connectivity index (χ3v) is 7.73. The Morgan fingerprint density at radius 2 is 1.66 bits per heavy atom. The molecule has 3 aromatic rings. The van der Waals surface area contributed by atoms with Crippen LogP contribution in [0, 0.1) is 0 Å². The standard InChI is InChI=1S/C27H33O4P/c1-6-27(3,32-25-15-11-10-14-22(25)19(2)28)23-16-21(29-4)17-24(30-5)26(23)31-18-20-12-8-7-9-13-20/h7-17,19,28,32H,6,18H2,1-5H3. The van der Waals surface area contributed by atoms with Gasteiger partial charge in [-0.25, -0.2) is 0 Å². The largest absolute Gasteiger partial charge is 0.497 e. The molecule has 3 rings (SSSR count). The number of methoxy groups -OCH3 is 2. The number of rotatable bonds is 10. The van der Waals surface area contributed by atoms with Crippen molar-refractivity contribution in [3.8, 4) is 17.2 Å². The van der Waals surface area contributed by atoms with Gasteiger partial charge in [0.05, 0.1) is 20.3 Å². The van der Waals surface area contributed by atoms with Crippen LogP contribution in [-0.4, -0.2) is 19.3 Å². The molecule has 0 bridgehead atoms. The van der Waals surface area contributed by atoms with Gasteiger partial charge in [0.25, 0.3) is 0 Å². The second-order valence-electron chi connectivity index (χ2n) is 8.05. The first-order chi connectivity index (χ1) is 15.4. The Morgan fingerprint density at radius 1 is 0.969 bits per heavy atom. The zero-order valence-electron chi connectivity index (χ0n) is 19.5. The van der Waals surface area contributed by atoms with Crippen molar-refractivity contribution in [2.75, 3.05) is 14.2 Å². The number of benzene rings is 3. The molecule has 0 aliphatic rings. The Hall–Kier alpha value is -2.55. The summed E-state index contributed by atoms with van der Waals surface area (Å²) >= 11 is 0. The average molecular weight is 453 g/mol. The molecule has 0 saturated heterocycles. The maximum absolute atomic E-state index is 10.3. The fraction of sp³-hybridized carbons (Fsp3) is 0.333. The van der Waals surface area contributed by atoms with Gasteiger partial charge in [-0.15, -0.1) is 0 Å². The summed E-state index contributed by atoms with van der Waals surface area (Å²) in [7, 11) is 3.75. The van der Waals surface area contributed by atoms with Gasteiger partial charge in [0.15, 0.2) is 11.5 Å². The Balaban J connectivity index is 2.07. The molecule has 0 aliphatic heterocycles. The quantitative estimate of drug-likeness (QED) is 0.385. The van der Waals surface area contributed by atoms with E-state index in [0.717, 1.165) is 39.9 Å². The lowest BCUT2D eigenvalue weighted by Gasteiger charge is -2.33. The molecule has 0 aliphatic carbocycles. The summed E-state index contributed by atoms with van der Waals surface area (Å²) in [6, 6.07) is 22.2. The predicted molar refractivity (Wildman–Crippen MR) is 133 cm³/mol. The van der Waals surface area contributed by atoms with Crippen LogP contribution in [0.5, 0.6) is 17.2 Å². The van der Waals surface area contributed by atoms with E-state index in [4.69, 9.17) is 14.2 Å². The first-order valence-corrected chi connectivity index (χ1v) is 11.9. The molecule has 32 heavy (non-hydrogen) atoms. The van der Waals surface area contributed by atoms with Crippen LogP contribution < -0.4 is 19.5 Å². The highest BCUT2D eigenvalue weighted by Gasteiger charge is 2.32. The molecular formula is C27H33O4P. The van der Waals surface area contributed by atoms with E-state index in [1.807, 2.05) is 49.4 Å². The number of hydrogen-bond donors (Lipinski definition) is 1. The SMILES string of the molecule is CCC(C)(Pc1ccccc1C(C)O)c1cc(OC)cc(OC)c1OCc1ccccc1. The molecule has 4 nitrogen and oxygen atoms in total. The van der Waals surface area contributed by atoms with Gasteiger partial charge in [0.2, 0.25) is 0 Å². The molecule has 3 unspecified atom stereocenters. The topological polar surface area (TPSA) is 47.9 Å². The first-order valence-electron chi connectivity index (χ1n) is 10.9. The van der Waals surface area contributed by atoms with Gasteiger partial charge >= 0.3 is 0 Å². The fourth-order valence-electron chi connectivity index (χ4n) is 3.75. The first kappa shape index (κ1) is 24.1. The molecule has 5 heteroatoms. The molecule has 170 valence electrons. The molecule has 1 N–H and O–H groups in total. The summed E-state index contributed by atoms with van der Waals surface area (Å²) < 4.78 is 17.7. The Morgan fingerprint density at radius 3 is 2.28 bits per heavy atom. The van der Waals surface area contributed by atoms with Gasteiger partial charge in [-0.05, 0) is 35.8 Å². The van der Waals surface area contributed by atoms with Crippen LogP contribution in [0.3, 0.4) is 0 Å². The van der Waals surface area contributed by atoms with Gasteiger partial charge in [0.1, 0.15) is 12.4 Å². The highest BCUT2D eigenvalue weighted by atomic mass is 31.1. The Kier molecular flexibility index (Phi) is 8.17. The van der Waals surface area contributed by atoms with Crippen LogP contribution in [0.25, 0.3) is 0 Å². The summed E-state index contributed by atoms with van der Waals surface area (Å²) in [5, 5.41) is 11.2. The van der Waals surface area contributed by atoms with Crippen LogP contribution >= 0.6 is 8.58 Å².